The van der Waals surface area contributed by atoms with Gasteiger partial charge in [-0.15, -0.1) is 29.8 Å². The van der Waals surface area contributed by atoms with Crippen molar-refractivity contribution < 1.29 is 18.2 Å². The van der Waals surface area contributed by atoms with E-state index in [1.54, 1.807) is 57.0 Å². The fourth-order valence-corrected chi connectivity index (χ4v) is 16.4. The second-order valence-corrected chi connectivity index (χ2v) is 20.3. The Morgan fingerprint density at radius 2 is 0.905 bits per heavy atom. The van der Waals surface area contributed by atoms with Gasteiger partial charge in [-0.1, -0.05) is 146 Å². The number of rotatable bonds is 9. The van der Waals surface area contributed by atoms with Gasteiger partial charge in [0.1, 0.15) is 10.6 Å². The van der Waals surface area contributed by atoms with Gasteiger partial charge >= 0.3 is 27.7 Å². The third-order valence-corrected chi connectivity index (χ3v) is 18.2. The van der Waals surface area contributed by atoms with Gasteiger partial charge in [-0.2, -0.15) is 9.36 Å². The van der Waals surface area contributed by atoms with Crippen LogP contribution in [0.15, 0.2) is 213 Å². The maximum atomic E-state index is 15.1. The molecule has 63 heavy (non-hydrogen) atoms. The summed E-state index contributed by atoms with van der Waals surface area (Å²) in [7, 11) is 0.531. The Hall–Kier alpha value is -5.90. The molecule has 0 amide bonds. The number of fused-ring (bicyclic) bond motifs is 3. The van der Waals surface area contributed by atoms with Crippen LogP contribution >= 0.6 is 25.4 Å². The summed E-state index contributed by atoms with van der Waals surface area (Å²) in [6, 6.07) is 62.2. The molecule has 2 aromatic heterocycles. The van der Waals surface area contributed by atoms with Crippen molar-refractivity contribution >= 4 is 57.5 Å². The summed E-state index contributed by atoms with van der Waals surface area (Å²) < 4.78 is 6.65. The van der Waals surface area contributed by atoms with Crippen LogP contribution in [0.4, 0.5) is 0 Å². The Labute approximate surface area is 380 Å². The quantitative estimate of drug-likeness (QED) is 0.0823. The van der Waals surface area contributed by atoms with Crippen LogP contribution in [-0.4, -0.2) is 25.4 Å². The van der Waals surface area contributed by atoms with Crippen molar-refractivity contribution in [2.75, 3.05) is 6.66 Å². The monoisotopic (exact) mass is 976 g/mol. The van der Waals surface area contributed by atoms with Crippen molar-refractivity contribution in [3.8, 4) is 0 Å². The van der Waals surface area contributed by atoms with Gasteiger partial charge in [0, 0.05) is 27.5 Å². The molecule has 4 unspecified atom stereocenters. The molecule has 5 atom stereocenters. The number of halogens is 1. The molecule has 3 heterocycles. The molecule has 12 heteroatoms. The molecule has 0 fully saturated rings. The van der Waals surface area contributed by atoms with E-state index < -0.39 is 33.2 Å². The molecule has 7 aromatic carbocycles. The standard InChI is InChI=1S/C51H39N4O4P2.ClH.Pd/c1-60(49(36-22-8-3-9-23-36)53-46(57)40-29-15-14-28-39(40)45(56)52(53)34-35-20-6-2-7-21-35)43-32-18-19-33-44(43)61-50(37-24-10-4-11-25-37)54-47(58)41-30-16-17-31-42(41)48(59)55(54)51(61)38-26-12-5-13-27-38;;/h2-34,49-51H,1H3;1H;/q-1;;+2/p+1/t49?,50-,51?,60?,61?;;/m0../s1. The molecule has 0 saturated heterocycles. The summed E-state index contributed by atoms with van der Waals surface area (Å²) in [5.41, 5.74) is 2.57. The average molecular weight is 978 g/mol. The van der Waals surface area contributed by atoms with Gasteiger partial charge in [-0.05, 0) is 30.3 Å². The number of benzene rings is 7. The van der Waals surface area contributed by atoms with Crippen molar-refractivity contribution in [3.05, 3.63) is 264 Å². The van der Waals surface area contributed by atoms with Crippen LogP contribution in [0.1, 0.15) is 39.6 Å². The van der Waals surface area contributed by atoms with E-state index in [0.29, 0.717) is 21.5 Å². The molecular formula is C51H41ClN4O4P2Pd+2. The molecule has 9 aromatic rings. The van der Waals surface area contributed by atoms with Gasteiger partial charge in [0.25, 0.3) is 16.7 Å². The van der Waals surface area contributed by atoms with Crippen LogP contribution in [0.2, 0.25) is 0 Å². The Morgan fingerprint density at radius 1 is 0.508 bits per heavy atom. The zero-order chi connectivity index (χ0) is 43.6. The molecule has 0 saturated carbocycles. The summed E-state index contributed by atoms with van der Waals surface area (Å²) in [6.07, 6.45) is 0. The molecule has 0 N–H and O–H groups in total. The number of nitrogens with zero attached hydrogens (tertiary/aromatic N) is 4. The first-order valence-electron chi connectivity index (χ1n) is 20.4. The fraction of sp³-hybridized carbons (Fsp3) is 0.0784. The topological polar surface area (TPSA) is 88.0 Å². The maximum absolute atomic E-state index is 15.1. The normalized spacial score (nSPS) is 16.5. The van der Waals surface area contributed by atoms with E-state index in [4.69, 9.17) is 0 Å². The first kappa shape index (κ1) is 42.4. The van der Waals surface area contributed by atoms with Crippen molar-refractivity contribution in [2.24, 2.45) is 0 Å². The predicted octanol–water partition coefficient (Wildman–Crippen LogP) is 8.75. The molecule has 1 aliphatic heterocycles. The van der Waals surface area contributed by atoms with Gasteiger partial charge in [0.2, 0.25) is 5.56 Å². The molecule has 0 bridgehead atoms. The van der Waals surface area contributed by atoms with E-state index in [9.17, 15) is 14.4 Å². The van der Waals surface area contributed by atoms with E-state index in [-0.39, 0.29) is 22.2 Å². The number of aromatic nitrogens is 4. The second-order valence-electron chi connectivity index (χ2n) is 15.4. The van der Waals surface area contributed by atoms with Gasteiger partial charge in [0.05, 0.1) is 33.3 Å². The average Bonchev–Trinajstić information content (AvgIpc) is 3.72. The van der Waals surface area contributed by atoms with E-state index in [1.807, 2.05) is 121 Å². The van der Waals surface area contributed by atoms with E-state index in [0.717, 1.165) is 32.9 Å². The second kappa shape index (κ2) is 18.4. The van der Waals surface area contributed by atoms with Gasteiger partial charge in [-0.25, -0.2) is 4.68 Å². The summed E-state index contributed by atoms with van der Waals surface area (Å²) in [5, 5.41) is 3.62. The summed E-state index contributed by atoms with van der Waals surface area (Å²) >= 11 is 2.22. The minimum atomic E-state index is -2.04. The van der Waals surface area contributed by atoms with Crippen molar-refractivity contribution in [1.29, 1.82) is 0 Å². The Kier molecular flexibility index (Phi) is 12.4. The molecule has 10 rings (SSSR count). The molecule has 0 radical (unpaired) electrons. The van der Waals surface area contributed by atoms with Crippen LogP contribution in [0.5, 0.6) is 0 Å². The molecule has 8 nitrogen and oxygen atoms in total. The van der Waals surface area contributed by atoms with Gasteiger partial charge in [0.15, 0.2) is 17.3 Å². The first-order valence-corrected chi connectivity index (χ1v) is 26.1. The number of hydrogen-bond donors (Lipinski definition) is 0. The van der Waals surface area contributed by atoms with Crippen LogP contribution in [-0.2, 0) is 18.2 Å². The zero-order valence-electron chi connectivity index (χ0n) is 33.9. The molecule has 0 aliphatic carbocycles. The Morgan fingerprint density at radius 3 is 1.41 bits per heavy atom. The van der Waals surface area contributed by atoms with Crippen LogP contribution < -0.4 is 32.8 Å². The minimum absolute atomic E-state index is 0.213. The molecular weight excluding hydrogens is 936 g/mol. The van der Waals surface area contributed by atoms with Gasteiger partial charge < -0.3 is 4.79 Å². The fourth-order valence-electron chi connectivity index (χ4n) is 9.18. The van der Waals surface area contributed by atoms with Crippen molar-refractivity contribution in [1.82, 2.24) is 18.7 Å². The van der Waals surface area contributed by atoms with Crippen LogP contribution in [0.25, 0.3) is 21.5 Å². The van der Waals surface area contributed by atoms with Crippen LogP contribution in [0, 0.1) is 6.54 Å². The predicted molar refractivity (Wildman–Crippen MR) is 258 cm³/mol. The third kappa shape index (κ3) is 7.59. The van der Waals surface area contributed by atoms with Gasteiger partial charge in [-0.3, -0.25) is 19.1 Å². The SMILES string of the molecule is C[PH+](c1ccccc1[PH+]1C(c2ccccc2)n2c(=O)c3ccccc3c(=O)n2[C@@H]1c1ccccc1)C(c1ccccc1)n1c(=O)c2ccccc2c(=O)n1[CH-]c1ccccc1.[Cl][Pd+]. The molecule has 1 aliphatic rings. The van der Waals surface area contributed by atoms with E-state index in [1.165, 1.54) is 4.68 Å². The Bertz CT molecular complexity index is 3230. The third-order valence-electron chi connectivity index (χ3n) is 11.9. The Balaban J connectivity index is 0.00000249. The van der Waals surface area contributed by atoms with Crippen molar-refractivity contribution in [2.45, 2.75) is 17.3 Å². The summed E-state index contributed by atoms with van der Waals surface area (Å²) in [6.45, 7) is 3.97. The number of hydrogen-bond acceptors (Lipinski definition) is 4. The molecule has 0 spiro atoms. The van der Waals surface area contributed by atoms with E-state index >= 15 is 4.79 Å². The summed E-state index contributed by atoms with van der Waals surface area (Å²) in [4.78, 5) is 59.7. The van der Waals surface area contributed by atoms with Crippen LogP contribution in [0.3, 0.4) is 0 Å². The zero-order valence-corrected chi connectivity index (χ0v) is 38.2. The molecule has 314 valence electrons. The van der Waals surface area contributed by atoms with E-state index in [2.05, 4.69) is 70.8 Å². The summed E-state index contributed by atoms with van der Waals surface area (Å²) in [5.74, 6) is -1.51. The first-order chi connectivity index (χ1) is 30.9. The van der Waals surface area contributed by atoms with Crippen molar-refractivity contribution in [3.63, 3.8) is 0 Å².